The van der Waals surface area contributed by atoms with E-state index >= 15 is 0 Å². The summed E-state index contributed by atoms with van der Waals surface area (Å²) in [7, 11) is 0. The molecule has 0 amide bonds. The Bertz CT molecular complexity index is 656. The molecule has 0 aliphatic heterocycles. The van der Waals surface area contributed by atoms with Gasteiger partial charge in [-0.05, 0) is 25.5 Å². The minimum Gasteiger partial charge on any atom is -0.494 e. The molecule has 5 heteroatoms. The molecule has 1 aromatic heterocycles. The lowest BCUT2D eigenvalue weighted by atomic mass is 10.1. The van der Waals surface area contributed by atoms with Crippen molar-refractivity contribution in [2.24, 2.45) is 0 Å². The van der Waals surface area contributed by atoms with Gasteiger partial charge in [0, 0.05) is 18.1 Å². The highest BCUT2D eigenvalue weighted by molar-refractivity contribution is 5.78. The van der Waals surface area contributed by atoms with E-state index in [-0.39, 0.29) is 18.3 Å². The van der Waals surface area contributed by atoms with Gasteiger partial charge in [-0.3, -0.25) is 9.59 Å². The Labute approximate surface area is 109 Å². The van der Waals surface area contributed by atoms with Crippen LogP contribution in [0.3, 0.4) is 0 Å². The SMILES string of the molecule is CCOc1ccc2c(=O)c(CCC(=O)O)coc2c1. The fourth-order valence-electron chi connectivity index (χ4n) is 1.82. The van der Waals surface area contributed by atoms with Crippen molar-refractivity contribution in [1.29, 1.82) is 0 Å². The number of rotatable bonds is 5. The predicted octanol–water partition coefficient (Wildman–Crippen LogP) is 2.21. The van der Waals surface area contributed by atoms with Crippen molar-refractivity contribution in [2.75, 3.05) is 6.61 Å². The van der Waals surface area contributed by atoms with E-state index < -0.39 is 5.97 Å². The number of carbonyl (C=O) groups is 1. The van der Waals surface area contributed by atoms with Crippen molar-refractivity contribution in [1.82, 2.24) is 0 Å². The summed E-state index contributed by atoms with van der Waals surface area (Å²) in [6, 6.07) is 4.99. The molecule has 100 valence electrons. The zero-order chi connectivity index (χ0) is 13.8. The first-order valence-corrected chi connectivity index (χ1v) is 6.01. The summed E-state index contributed by atoms with van der Waals surface area (Å²) >= 11 is 0. The summed E-state index contributed by atoms with van der Waals surface area (Å²) < 4.78 is 10.7. The monoisotopic (exact) mass is 262 g/mol. The van der Waals surface area contributed by atoms with Crippen LogP contribution in [0.2, 0.25) is 0 Å². The van der Waals surface area contributed by atoms with Gasteiger partial charge >= 0.3 is 5.97 Å². The summed E-state index contributed by atoms with van der Waals surface area (Å²) in [6.07, 6.45) is 1.40. The van der Waals surface area contributed by atoms with E-state index in [1.807, 2.05) is 6.92 Å². The summed E-state index contributed by atoms with van der Waals surface area (Å²) in [4.78, 5) is 22.6. The first-order chi connectivity index (χ1) is 9.11. The smallest absolute Gasteiger partial charge is 0.303 e. The molecule has 0 aliphatic carbocycles. The predicted molar refractivity (Wildman–Crippen MR) is 69.6 cm³/mol. The second-order valence-corrected chi connectivity index (χ2v) is 4.07. The van der Waals surface area contributed by atoms with Crippen LogP contribution < -0.4 is 10.2 Å². The van der Waals surface area contributed by atoms with Crippen molar-refractivity contribution in [2.45, 2.75) is 19.8 Å². The molecule has 0 saturated heterocycles. The van der Waals surface area contributed by atoms with Crippen molar-refractivity contribution >= 4 is 16.9 Å². The maximum absolute atomic E-state index is 12.1. The van der Waals surface area contributed by atoms with Crippen molar-refractivity contribution in [3.8, 4) is 5.75 Å². The molecular formula is C14H14O5. The lowest BCUT2D eigenvalue weighted by Crippen LogP contribution is -2.10. The molecule has 0 bridgehead atoms. The van der Waals surface area contributed by atoms with Gasteiger partial charge in [0.25, 0.3) is 0 Å². The van der Waals surface area contributed by atoms with E-state index in [9.17, 15) is 9.59 Å². The molecule has 5 nitrogen and oxygen atoms in total. The average molecular weight is 262 g/mol. The number of benzene rings is 1. The molecule has 1 N–H and O–H groups in total. The largest absolute Gasteiger partial charge is 0.494 e. The molecule has 2 aromatic rings. The van der Waals surface area contributed by atoms with Crippen molar-refractivity contribution in [3.63, 3.8) is 0 Å². The number of carboxylic acid groups (broad SMARTS) is 1. The van der Waals surface area contributed by atoms with E-state index in [1.165, 1.54) is 6.26 Å². The Kier molecular flexibility index (Phi) is 3.85. The molecule has 0 aliphatic rings. The van der Waals surface area contributed by atoms with Gasteiger partial charge < -0.3 is 14.3 Å². The van der Waals surface area contributed by atoms with Crippen LogP contribution in [0.1, 0.15) is 18.9 Å². The van der Waals surface area contributed by atoms with E-state index in [1.54, 1.807) is 18.2 Å². The molecule has 0 radical (unpaired) electrons. The number of ether oxygens (including phenoxy) is 1. The van der Waals surface area contributed by atoms with E-state index in [0.717, 1.165) is 0 Å². The van der Waals surface area contributed by atoms with E-state index in [0.29, 0.717) is 28.9 Å². The second kappa shape index (κ2) is 5.56. The first-order valence-electron chi connectivity index (χ1n) is 6.01. The van der Waals surface area contributed by atoms with Gasteiger partial charge in [0.05, 0.1) is 18.3 Å². The Morgan fingerprint density at radius 2 is 2.21 bits per heavy atom. The molecule has 2 rings (SSSR count). The lowest BCUT2D eigenvalue weighted by molar-refractivity contribution is -0.136. The highest BCUT2D eigenvalue weighted by Crippen LogP contribution is 2.19. The van der Waals surface area contributed by atoms with Gasteiger partial charge in [0.1, 0.15) is 11.3 Å². The maximum atomic E-state index is 12.1. The van der Waals surface area contributed by atoms with Gasteiger partial charge in [0.2, 0.25) is 0 Å². The Balaban J connectivity index is 2.39. The topological polar surface area (TPSA) is 76.7 Å². The maximum Gasteiger partial charge on any atom is 0.303 e. The molecule has 0 spiro atoms. The molecule has 0 atom stereocenters. The quantitative estimate of drug-likeness (QED) is 0.893. The normalized spacial score (nSPS) is 10.6. The summed E-state index contributed by atoms with van der Waals surface area (Å²) in [5, 5.41) is 9.06. The standard InChI is InChI=1S/C14H14O5/c1-2-18-10-4-5-11-12(7-10)19-8-9(14(11)17)3-6-13(15)16/h4-5,7-8H,2-3,6H2,1H3,(H,15,16). The number of fused-ring (bicyclic) bond motifs is 1. The summed E-state index contributed by atoms with van der Waals surface area (Å²) in [6.45, 7) is 2.40. The van der Waals surface area contributed by atoms with Crippen molar-refractivity contribution < 1.29 is 19.1 Å². The van der Waals surface area contributed by atoms with Crippen LogP contribution in [-0.4, -0.2) is 17.7 Å². The van der Waals surface area contributed by atoms with E-state index in [2.05, 4.69) is 0 Å². The number of hydrogen-bond donors (Lipinski definition) is 1. The number of aryl methyl sites for hydroxylation is 1. The van der Waals surface area contributed by atoms with Gasteiger partial charge in [0.15, 0.2) is 5.43 Å². The van der Waals surface area contributed by atoms with Crippen LogP contribution in [0.4, 0.5) is 0 Å². The van der Waals surface area contributed by atoms with Crippen LogP contribution in [-0.2, 0) is 11.2 Å². The number of hydrogen-bond acceptors (Lipinski definition) is 4. The minimum absolute atomic E-state index is 0.0900. The van der Waals surface area contributed by atoms with Gasteiger partial charge in [-0.25, -0.2) is 0 Å². The van der Waals surface area contributed by atoms with Crippen LogP contribution in [0.25, 0.3) is 11.0 Å². The first kappa shape index (κ1) is 13.1. The molecule has 0 unspecified atom stereocenters. The Hall–Kier alpha value is -2.30. The lowest BCUT2D eigenvalue weighted by Gasteiger charge is -2.05. The van der Waals surface area contributed by atoms with Crippen LogP contribution in [0, 0.1) is 0 Å². The Morgan fingerprint density at radius 1 is 1.42 bits per heavy atom. The third-order valence-corrected chi connectivity index (χ3v) is 2.74. The van der Waals surface area contributed by atoms with Crippen molar-refractivity contribution in [3.05, 3.63) is 40.2 Å². The van der Waals surface area contributed by atoms with E-state index in [4.69, 9.17) is 14.3 Å². The fourth-order valence-corrected chi connectivity index (χ4v) is 1.82. The highest BCUT2D eigenvalue weighted by Gasteiger charge is 2.09. The summed E-state index contributed by atoms with van der Waals surface area (Å²) in [5.41, 5.74) is 0.625. The Morgan fingerprint density at radius 3 is 2.89 bits per heavy atom. The van der Waals surface area contributed by atoms with Crippen LogP contribution in [0.15, 0.2) is 33.7 Å². The van der Waals surface area contributed by atoms with Crippen LogP contribution >= 0.6 is 0 Å². The third-order valence-electron chi connectivity index (χ3n) is 2.74. The molecule has 1 heterocycles. The highest BCUT2D eigenvalue weighted by atomic mass is 16.5. The molecule has 0 fully saturated rings. The molecule has 1 aromatic carbocycles. The number of aliphatic carboxylic acids is 1. The zero-order valence-electron chi connectivity index (χ0n) is 10.5. The molecule has 0 saturated carbocycles. The number of carboxylic acids is 1. The molecular weight excluding hydrogens is 248 g/mol. The van der Waals surface area contributed by atoms with Gasteiger partial charge in [-0.1, -0.05) is 0 Å². The molecule has 19 heavy (non-hydrogen) atoms. The third kappa shape index (κ3) is 2.93. The second-order valence-electron chi connectivity index (χ2n) is 4.07. The minimum atomic E-state index is -0.939. The average Bonchev–Trinajstić information content (AvgIpc) is 2.38. The van der Waals surface area contributed by atoms with Gasteiger partial charge in [-0.2, -0.15) is 0 Å². The zero-order valence-corrected chi connectivity index (χ0v) is 10.5. The van der Waals surface area contributed by atoms with Crippen LogP contribution in [0.5, 0.6) is 5.75 Å². The van der Waals surface area contributed by atoms with Gasteiger partial charge in [-0.15, -0.1) is 0 Å². The summed E-state index contributed by atoms with van der Waals surface area (Å²) in [5.74, 6) is -0.303. The fraction of sp³-hybridized carbons (Fsp3) is 0.286.